The molecule has 106 valence electrons. The number of nitrogens with zero attached hydrogens (tertiary/aromatic N) is 2. The van der Waals surface area contributed by atoms with E-state index in [1.807, 2.05) is 0 Å². The molecule has 1 aromatic heterocycles. The number of halogens is 2. The molecule has 8 heteroatoms. The van der Waals surface area contributed by atoms with Gasteiger partial charge in [-0.1, -0.05) is 29.3 Å². The number of fused-ring (bicyclic) bond motifs is 1. The fourth-order valence-electron chi connectivity index (χ4n) is 1.62. The normalized spacial score (nSPS) is 12.2. The van der Waals surface area contributed by atoms with Gasteiger partial charge in [-0.05, 0) is 13.0 Å². The molecule has 0 aliphatic heterocycles. The number of anilines is 1. The topological polar surface area (TPSA) is 66.9 Å². The van der Waals surface area contributed by atoms with Crippen LogP contribution >= 0.6 is 34.9 Å². The molecular weight excluding hydrogens is 319 g/mol. The van der Waals surface area contributed by atoms with E-state index < -0.39 is 6.04 Å². The van der Waals surface area contributed by atoms with E-state index in [4.69, 9.17) is 23.2 Å². The Bertz CT molecular complexity index is 658. The predicted molar refractivity (Wildman–Crippen MR) is 83.7 cm³/mol. The lowest BCUT2D eigenvalue weighted by Crippen LogP contribution is -2.37. The molecule has 0 saturated carbocycles. The SMILES string of the molecule is C=CCNC(=O)C(C)Nc1c(Cl)cc(Cl)c2nsnc12. The second kappa shape index (κ2) is 6.39. The van der Waals surface area contributed by atoms with Crippen LogP contribution in [0.15, 0.2) is 18.7 Å². The number of hydrogen-bond donors (Lipinski definition) is 2. The van der Waals surface area contributed by atoms with Crippen molar-refractivity contribution < 1.29 is 4.79 Å². The highest BCUT2D eigenvalue weighted by Gasteiger charge is 2.18. The van der Waals surface area contributed by atoms with Crippen LogP contribution in [0.1, 0.15) is 6.92 Å². The number of rotatable bonds is 5. The summed E-state index contributed by atoms with van der Waals surface area (Å²) in [5.41, 5.74) is 1.69. The van der Waals surface area contributed by atoms with Crippen molar-refractivity contribution in [2.45, 2.75) is 13.0 Å². The lowest BCUT2D eigenvalue weighted by atomic mass is 10.2. The van der Waals surface area contributed by atoms with Crippen LogP contribution in [0.3, 0.4) is 0 Å². The van der Waals surface area contributed by atoms with Gasteiger partial charge in [0.1, 0.15) is 17.1 Å². The Hall–Kier alpha value is -1.37. The van der Waals surface area contributed by atoms with Gasteiger partial charge in [0.05, 0.1) is 27.5 Å². The summed E-state index contributed by atoms with van der Waals surface area (Å²) in [5, 5.41) is 6.58. The lowest BCUT2D eigenvalue weighted by molar-refractivity contribution is -0.121. The van der Waals surface area contributed by atoms with Gasteiger partial charge in [0.25, 0.3) is 0 Å². The third-order valence-corrected chi connectivity index (χ3v) is 3.73. The van der Waals surface area contributed by atoms with Crippen LogP contribution in [0.5, 0.6) is 0 Å². The first kappa shape index (κ1) is 15.0. The first-order valence-corrected chi connectivity index (χ1v) is 7.28. The van der Waals surface area contributed by atoms with E-state index in [2.05, 4.69) is 26.0 Å². The molecule has 0 radical (unpaired) electrons. The Balaban J connectivity index is 2.27. The van der Waals surface area contributed by atoms with Crippen molar-refractivity contribution >= 4 is 57.6 Å². The van der Waals surface area contributed by atoms with Gasteiger partial charge in [-0.15, -0.1) is 6.58 Å². The van der Waals surface area contributed by atoms with Crippen molar-refractivity contribution in [2.24, 2.45) is 0 Å². The van der Waals surface area contributed by atoms with Gasteiger partial charge in [-0.2, -0.15) is 8.75 Å². The molecule has 1 atom stereocenters. The number of carbonyl (C=O) groups excluding carboxylic acids is 1. The fraction of sp³-hybridized carbons (Fsp3) is 0.250. The zero-order valence-electron chi connectivity index (χ0n) is 10.6. The summed E-state index contributed by atoms with van der Waals surface area (Å²) < 4.78 is 8.27. The molecule has 1 aromatic carbocycles. The Labute approximate surface area is 130 Å². The van der Waals surface area contributed by atoms with Crippen LogP contribution < -0.4 is 10.6 Å². The maximum atomic E-state index is 11.8. The van der Waals surface area contributed by atoms with Crippen LogP contribution in [0.4, 0.5) is 5.69 Å². The molecule has 0 aliphatic carbocycles. The number of aromatic nitrogens is 2. The molecule has 0 fully saturated rings. The highest BCUT2D eigenvalue weighted by atomic mass is 35.5. The molecular formula is C12H12Cl2N4OS. The first-order chi connectivity index (χ1) is 9.54. The second-order valence-corrected chi connectivity index (χ2v) is 5.42. The Morgan fingerprint density at radius 2 is 2.15 bits per heavy atom. The number of benzene rings is 1. The Kier molecular flexibility index (Phi) is 4.80. The summed E-state index contributed by atoms with van der Waals surface area (Å²) in [6.07, 6.45) is 1.61. The summed E-state index contributed by atoms with van der Waals surface area (Å²) in [4.78, 5) is 11.8. The number of carbonyl (C=O) groups is 1. The number of hydrogen-bond acceptors (Lipinski definition) is 5. The Morgan fingerprint density at radius 1 is 1.45 bits per heavy atom. The molecule has 5 nitrogen and oxygen atoms in total. The van der Waals surface area contributed by atoms with E-state index in [1.54, 1.807) is 19.1 Å². The smallest absolute Gasteiger partial charge is 0.242 e. The van der Waals surface area contributed by atoms with E-state index >= 15 is 0 Å². The standard InChI is InChI=1S/C12H12Cl2N4OS/c1-3-4-15-12(19)6(2)16-9-7(13)5-8(14)10-11(9)18-20-17-10/h3,5-6,16H,1,4H2,2H3,(H,15,19). The zero-order chi connectivity index (χ0) is 14.7. The highest BCUT2D eigenvalue weighted by molar-refractivity contribution is 7.00. The minimum absolute atomic E-state index is 0.160. The average molecular weight is 331 g/mol. The van der Waals surface area contributed by atoms with Gasteiger partial charge in [0, 0.05) is 6.54 Å². The summed E-state index contributed by atoms with van der Waals surface area (Å²) in [6, 6.07) is 1.11. The van der Waals surface area contributed by atoms with E-state index in [9.17, 15) is 4.79 Å². The lowest BCUT2D eigenvalue weighted by Gasteiger charge is -2.16. The number of amides is 1. The summed E-state index contributed by atoms with van der Waals surface area (Å²) in [7, 11) is 0. The summed E-state index contributed by atoms with van der Waals surface area (Å²) in [5.74, 6) is -0.160. The molecule has 0 spiro atoms. The Morgan fingerprint density at radius 3 is 2.85 bits per heavy atom. The minimum atomic E-state index is -0.474. The van der Waals surface area contributed by atoms with Crippen molar-refractivity contribution in [1.82, 2.24) is 14.1 Å². The molecule has 0 bridgehead atoms. The van der Waals surface area contributed by atoms with Crippen molar-refractivity contribution in [3.63, 3.8) is 0 Å². The maximum absolute atomic E-state index is 11.8. The van der Waals surface area contributed by atoms with Crippen molar-refractivity contribution in [1.29, 1.82) is 0 Å². The van der Waals surface area contributed by atoms with Crippen LogP contribution in [0.2, 0.25) is 10.0 Å². The molecule has 1 heterocycles. The van der Waals surface area contributed by atoms with E-state index in [1.165, 1.54) is 0 Å². The van der Waals surface area contributed by atoms with Gasteiger partial charge < -0.3 is 10.6 Å². The van der Waals surface area contributed by atoms with E-state index in [-0.39, 0.29) is 5.91 Å². The van der Waals surface area contributed by atoms with Gasteiger partial charge in [-0.25, -0.2) is 0 Å². The van der Waals surface area contributed by atoms with Gasteiger partial charge >= 0.3 is 0 Å². The largest absolute Gasteiger partial charge is 0.371 e. The molecule has 2 N–H and O–H groups in total. The van der Waals surface area contributed by atoms with Crippen LogP contribution in [0, 0.1) is 0 Å². The summed E-state index contributed by atoms with van der Waals surface area (Å²) in [6.45, 7) is 5.69. The number of nitrogens with one attached hydrogen (secondary N) is 2. The van der Waals surface area contributed by atoms with Crippen LogP contribution in [-0.4, -0.2) is 27.2 Å². The highest BCUT2D eigenvalue weighted by Crippen LogP contribution is 2.35. The van der Waals surface area contributed by atoms with Crippen LogP contribution in [0.25, 0.3) is 11.0 Å². The van der Waals surface area contributed by atoms with Crippen molar-refractivity contribution in [3.8, 4) is 0 Å². The summed E-state index contributed by atoms with van der Waals surface area (Å²) >= 11 is 13.2. The van der Waals surface area contributed by atoms with E-state index in [0.717, 1.165) is 11.7 Å². The molecule has 0 saturated heterocycles. The van der Waals surface area contributed by atoms with Crippen molar-refractivity contribution in [3.05, 3.63) is 28.8 Å². The minimum Gasteiger partial charge on any atom is -0.371 e. The third kappa shape index (κ3) is 3.03. The molecule has 1 amide bonds. The van der Waals surface area contributed by atoms with Gasteiger partial charge in [0.2, 0.25) is 5.91 Å². The van der Waals surface area contributed by atoms with Gasteiger partial charge in [0.15, 0.2) is 0 Å². The average Bonchev–Trinajstić information content (AvgIpc) is 2.90. The quantitative estimate of drug-likeness (QED) is 0.826. The second-order valence-electron chi connectivity index (χ2n) is 4.08. The zero-order valence-corrected chi connectivity index (χ0v) is 12.9. The molecule has 1 unspecified atom stereocenters. The molecule has 20 heavy (non-hydrogen) atoms. The predicted octanol–water partition coefficient (Wildman–Crippen LogP) is 3.10. The van der Waals surface area contributed by atoms with E-state index in [0.29, 0.717) is 33.3 Å². The molecule has 2 rings (SSSR count). The molecule has 2 aromatic rings. The first-order valence-electron chi connectivity index (χ1n) is 5.80. The monoisotopic (exact) mass is 330 g/mol. The van der Waals surface area contributed by atoms with Crippen LogP contribution in [-0.2, 0) is 4.79 Å². The maximum Gasteiger partial charge on any atom is 0.242 e. The van der Waals surface area contributed by atoms with Gasteiger partial charge in [-0.3, -0.25) is 4.79 Å². The molecule has 0 aliphatic rings. The van der Waals surface area contributed by atoms with Crippen molar-refractivity contribution in [2.75, 3.05) is 11.9 Å². The third-order valence-electron chi connectivity index (χ3n) is 2.62. The fourth-order valence-corrected chi connectivity index (χ4v) is 2.79.